The quantitative estimate of drug-likeness (QED) is 0.334. The average Bonchev–Trinajstić information content (AvgIpc) is 3.06. The molecule has 0 aliphatic carbocycles. The smallest absolute Gasteiger partial charge is 0.272 e. The van der Waals surface area contributed by atoms with Crippen LogP contribution < -0.4 is 0 Å². The number of aromatic amines is 1. The molecule has 0 atom stereocenters. The highest BCUT2D eigenvalue weighted by Crippen LogP contribution is 2.49. The third kappa shape index (κ3) is 5.16. The number of nitrogens with zero attached hydrogens (tertiary/aromatic N) is 3. The Labute approximate surface area is 166 Å². The molecule has 0 aliphatic heterocycles. The number of nitrogens with one attached hydrogen (secondary N) is 1. The van der Waals surface area contributed by atoms with E-state index in [-0.39, 0.29) is 4.75 Å². The van der Waals surface area contributed by atoms with Gasteiger partial charge in [0.05, 0.1) is 9.49 Å². The number of rotatable bonds is 7. The van der Waals surface area contributed by atoms with Crippen LogP contribution in [0.5, 0.6) is 0 Å². The highest BCUT2D eigenvalue weighted by molar-refractivity contribution is 8.18. The molecule has 12 heteroatoms. The van der Waals surface area contributed by atoms with Gasteiger partial charge in [0.15, 0.2) is 8.29 Å². The maximum Gasteiger partial charge on any atom is 0.272 e. The summed E-state index contributed by atoms with van der Waals surface area (Å²) in [7, 11) is 0. The van der Waals surface area contributed by atoms with Crippen LogP contribution in [-0.2, 0) is 9.49 Å². The molecule has 2 heterocycles. The zero-order valence-corrected chi connectivity index (χ0v) is 18.6. The molecular weight excluding hydrogens is 425 g/mol. The van der Waals surface area contributed by atoms with Crippen molar-refractivity contribution >= 4 is 70.2 Å². The van der Waals surface area contributed by atoms with Gasteiger partial charge in [-0.05, 0) is 57.9 Å². The molecule has 0 amide bonds. The normalized spacial score (nSPS) is 13.5. The number of hydrogen-bond donors (Lipinski definition) is 3. The Hall–Kier alpha value is 0.310. The Morgan fingerprint density at radius 1 is 1.04 bits per heavy atom. The molecule has 2 aromatic heterocycles. The van der Waals surface area contributed by atoms with E-state index < -0.39 is 9.20 Å². The first-order chi connectivity index (χ1) is 11.0. The van der Waals surface area contributed by atoms with Gasteiger partial charge < -0.3 is 10.2 Å². The van der Waals surface area contributed by atoms with Crippen molar-refractivity contribution in [3.63, 3.8) is 0 Å². The van der Waals surface area contributed by atoms with Gasteiger partial charge in [-0.2, -0.15) is 16.9 Å². The number of aromatic nitrogens is 4. The van der Waals surface area contributed by atoms with Crippen molar-refractivity contribution in [2.24, 2.45) is 0 Å². The van der Waals surface area contributed by atoms with E-state index in [0.717, 1.165) is 28.5 Å². The summed E-state index contributed by atoms with van der Waals surface area (Å²) in [4.78, 5) is 0. The Kier molecular flexibility index (Phi) is 6.45. The predicted octanol–water partition coefficient (Wildman–Crippen LogP) is 4.01. The van der Waals surface area contributed by atoms with Crippen LogP contribution in [-0.4, -0.2) is 41.3 Å². The van der Waals surface area contributed by atoms with Crippen LogP contribution in [0.15, 0.2) is 4.34 Å². The summed E-state index contributed by atoms with van der Waals surface area (Å²) < 4.78 is -1.78. The summed E-state index contributed by atoms with van der Waals surface area (Å²) in [6.45, 7) is 7.84. The highest BCUT2D eigenvalue weighted by atomic mass is 32.2. The summed E-state index contributed by atoms with van der Waals surface area (Å²) in [5.74, 6) is 0. The largest absolute Gasteiger partial charge is 0.348 e. The van der Waals surface area contributed by atoms with Gasteiger partial charge in [0.2, 0.25) is 0 Å². The van der Waals surface area contributed by atoms with Gasteiger partial charge in [-0.1, -0.05) is 34.4 Å². The topological polar surface area (TPSA) is 94.9 Å². The lowest BCUT2D eigenvalue weighted by Gasteiger charge is -2.28. The Balaban J connectivity index is 2.12. The third-order valence-electron chi connectivity index (χ3n) is 2.99. The molecule has 0 spiro atoms. The third-order valence-corrected chi connectivity index (χ3v) is 9.41. The lowest BCUT2D eigenvalue weighted by atomic mass is 10.2. The first-order valence-corrected chi connectivity index (χ1v) is 11.6. The molecule has 0 bridgehead atoms. The van der Waals surface area contributed by atoms with Crippen molar-refractivity contribution in [1.82, 2.24) is 20.4 Å². The molecule has 2 aromatic rings. The molecule has 0 saturated carbocycles. The van der Waals surface area contributed by atoms with Crippen LogP contribution in [0.3, 0.4) is 0 Å². The van der Waals surface area contributed by atoms with Gasteiger partial charge in [-0.3, -0.25) is 5.10 Å². The van der Waals surface area contributed by atoms with Gasteiger partial charge in [0.25, 0.3) is 4.45 Å². The molecule has 0 radical (unpaired) electrons. The molecule has 0 aromatic carbocycles. The molecule has 6 nitrogen and oxygen atoms in total. The average molecular weight is 443 g/mol. The predicted molar refractivity (Wildman–Crippen MR) is 107 cm³/mol. The van der Waals surface area contributed by atoms with E-state index in [0.29, 0.717) is 13.3 Å². The highest BCUT2D eigenvalue weighted by Gasteiger charge is 2.39. The zero-order chi connectivity index (χ0) is 18.2. The molecule has 0 fully saturated rings. The van der Waals surface area contributed by atoms with Gasteiger partial charge >= 0.3 is 0 Å². The summed E-state index contributed by atoms with van der Waals surface area (Å²) in [5, 5.41) is 37.4. The van der Waals surface area contributed by atoms with E-state index in [9.17, 15) is 10.2 Å². The molecule has 0 saturated heterocycles. The van der Waals surface area contributed by atoms with E-state index in [2.05, 4.69) is 34.2 Å². The standard InChI is InChI=1S/C12H18N4O2S6/c1-10(2,20-5)6-14-16-9(22-6)23-12(17,18)24-11(3,4)7-13-15-8(19)21-7/h17-18H,1-5H3,(H,15,19). The van der Waals surface area contributed by atoms with Crippen molar-refractivity contribution in [1.29, 1.82) is 0 Å². The minimum atomic E-state index is -2.06. The molecule has 0 unspecified atom stereocenters. The van der Waals surface area contributed by atoms with E-state index in [1.54, 1.807) is 11.8 Å². The second-order valence-electron chi connectivity index (χ2n) is 5.77. The van der Waals surface area contributed by atoms with Crippen LogP contribution in [0.4, 0.5) is 0 Å². The van der Waals surface area contributed by atoms with Crippen LogP contribution in [0.2, 0.25) is 0 Å². The number of thioether (sulfide) groups is 3. The van der Waals surface area contributed by atoms with E-state index in [4.69, 9.17) is 12.2 Å². The van der Waals surface area contributed by atoms with Crippen LogP contribution in [0.1, 0.15) is 37.7 Å². The molecule has 2 rings (SSSR count). The molecule has 3 N–H and O–H groups in total. The monoisotopic (exact) mass is 442 g/mol. The number of hydrogen-bond acceptors (Lipinski definition) is 11. The fourth-order valence-electron chi connectivity index (χ4n) is 1.58. The Morgan fingerprint density at radius 3 is 2.25 bits per heavy atom. The first-order valence-electron chi connectivity index (χ1n) is 6.74. The van der Waals surface area contributed by atoms with E-state index in [1.165, 1.54) is 22.7 Å². The fraction of sp³-hybridized carbons (Fsp3) is 0.667. The molecule has 134 valence electrons. The Morgan fingerprint density at radius 2 is 1.71 bits per heavy atom. The van der Waals surface area contributed by atoms with Gasteiger partial charge in [-0.15, -0.1) is 10.2 Å². The van der Waals surface area contributed by atoms with Crippen molar-refractivity contribution in [3.05, 3.63) is 14.0 Å². The van der Waals surface area contributed by atoms with Crippen molar-refractivity contribution in [2.45, 2.75) is 46.0 Å². The summed E-state index contributed by atoms with van der Waals surface area (Å²) in [6.07, 6.45) is 2.01. The van der Waals surface area contributed by atoms with Crippen molar-refractivity contribution < 1.29 is 10.2 Å². The van der Waals surface area contributed by atoms with Crippen molar-refractivity contribution in [2.75, 3.05) is 6.26 Å². The lowest BCUT2D eigenvalue weighted by Crippen LogP contribution is -2.26. The molecular formula is C12H18N4O2S6. The lowest BCUT2D eigenvalue weighted by molar-refractivity contribution is 0.00562. The van der Waals surface area contributed by atoms with Crippen LogP contribution in [0.25, 0.3) is 0 Å². The van der Waals surface area contributed by atoms with Gasteiger partial charge in [0, 0.05) is 0 Å². The van der Waals surface area contributed by atoms with Crippen LogP contribution in [0, 0.1) is 3.95 Å². The molecule has 0 aliphatic rings. The fourth-order valence-corrected chi connectivity index (χ4v) is 6.93. The minimum Gasteiger partial charge on any atom is -0.348 e. The summed E-state index contributed by atoms with van der Waals surface area (Å²) in [6, 6.07) is 0. The minimum absolute atomic E-state index is 0.160. The zero-order valence-electron chi connectivity index (χ0n) is 13.7. The van der Waals surface area contributed by atoms with E-state index in [1.807, 2.05) is 20.1 Å². The number of H-pyrrole nitrogens is 1. The number of aliphatic hydroxyl groups is 2. The SMILES string of the molecule is CSC(C)(C)c1nnc(SC(O)(O)SC(C)(C)c2n[nH]c(=S)s2)s1. The summed E-state index contributed by atoms with van der Waals surface area (Å²) in [5.41, 5.74) is 0. The second-order valence-corrected chi connectivity index (χ2v) is 13.3. The maximum atomic E-state index is 10.4. The maximum absolute atomic E-state index is 10.4. The summed E-state index contributed by atoms with van der Waals surface area (Å²) >= 11 is 11.2. The first kappa shape index (κ1) is 20.6. The molecule has 24 heavy (non-hydrogen) atoms. The van der Waals surface area contributed by atoms with Crippen LogP contribution >= 0.6 is 70.2 Å². The van der Waals surface area contributed by atoms with Gasteiger partial charge in [0.1, 0.15) is 10.0 Å². The second kappa shape index (κ2) is 7.51. The van der Waals surface area contributed by atoms with Crippen molar-refractivity contribution in [3.8, 4) is 0 Å². The van der Waals surface area contributed by atoms with E-state index >= 15 is 0 Å². The van der Waals surface area contributed by atoms with Gasteiger partial charge in [-0.25, -0.2) is 0 Å². The Bertz CT molecular complexity index is 751.